The molecule has 0 atom stereocenters. The van der Waals surface area contributed by atoms with Gasteiger partial charge in [-0.15, -0.1) is 0 Å². The van der Waals surface area contributed by atoms with E-state index in [2.05, 4.69) is 179 Å². The predicted molar refractivity (Wildman–Crippen MR) is 237 cm³/mol. The average Bonchev–Trinajstić information content (AvgIpc) is 3.61. The number of benzene rings is 9. The predicted octanol–water partition coefficient (Wildman–Crippen LogP) is 15.2. The fourth-order valence-corrected chi connectivity index (χ4v) is 8.01. The fourth-order valence-electron chi connectivity index (χ4n) is 8.01. The quantitative estimate of drug-likeness (QED) is 0.150. The van der Waals surface area contributed by atoms with Crippen molar-refractivity contribution >= 4 is 38.9 Å². The standard InChI is InChI=1S/C54H36F2N2/c55-45-23-11-38(12-24-45)40-15-27-48(28-16-40)57(49-29-17-41(18-30-49)39-13-25-46(56)26-14-39)50-31-19-42(20-32-50)44-22-34-54-52(36-44)51-35-43(37-7-3-1-4-8-37)21-33-53(51)58(54)47-9-5-2-6-10-47/h1-36H. The third kappa shape index (κ3) is 6.61. The number of hydrogen-bond donors (Lipinski definition) is 0. The Bertz CT molecular complexity index is 2920. The molecule has 0 fully saturated rings. The Labute approximate surface area is 336 Å². The van der Waals surface area contributed by atoms with E-state index in [1.165, 1.54) is 51.7 Å². The summed E-state index contributed by atoms with van der Waals surface area (Å²) in [7, 11) is 0. The van der Waals surface area contributed by atoms with E-state index in [0.717, 1.165) is 61.6 Å². The summed E-state index contributed by atoms with van der Waals surface area (Å²) < 4.78 is 29.7. The minimum Gasteiger partial charge on any atom is -0.311 e. The highest BCUT2D eigenvalue weighted by Gasteiger charge is 2.17. The summed E-state index contributed by atoms with van der Waals surface area (Å²) in [6, 6.07) is 73.2. The number of anilines is 3. The van der Waals surface area contributed by atoms with E-state index in [1.54, 1.807) is 24.3 Å². The van der Waals surface area contributed by atoms with Crippen molar-refractivity contribution in [1.29, 1.82) is 0 Å². The van der Waals surface area contributed by atoms with Crippen molar-refractivity contribution in [2.45, 2.75) is 0 Å². The molecule has 58 heavy (non-hydrogen) atoms. The highest BCUT2D eigenvalue weighted by atomic mass is 19.1. The van der Waals surface area contributed by atoms with Crippen LogP contribution in [0.1, 0.15) is 0 Å². The summed E-state index contributed by atoms with van der Waals surface area (Å²) in [5.41, 5.74) is 15.0. The molecule has 9 aromatic carbocycles. The van der Waals surface area contributed by atoms with Crippen LogP contribution in [0.15, 0.2) is 218 Å². The van der Waals surface area contributed by atoms with Gasteiger partial charge in [-0.2, -0.15) is 0 Å². The molecule has 0 saturated carbocycles. The van der Waals surface area contributed by atoms with Gasteiger partial charge in [-0.3, -0.25) is 0 Å². The molecule has 1 aromatic heterocycles. The number of hydrogen-bond acceptors (Lipinski definition) is 1. The molecule has 0 aliphatic carbocycles. The highest BCUT2D eigenvalue weighted by Crippen LogP contribution is 2.40. The van der Waals surface area contributed by atoms with Crippen LogP contribution >= 0.6 is 0 Å². The number of halogens is 2. The van der Waals surface area contributed by atoms with E-state index in [-0.39, 0.29) is 11.6 Å². The van der Waals surface area contributed by atoms with E-state index in [1.807, 2.05) is 0 Å². The molecule has 276 valence electrons. The van der Waals surface area contributed by atoms with E-state index < -0.39 is 0 Å². The Kier molecular flexibility index (Phi) is 8.92. The number of nitrogens with zero attached hydrogens (tertiary/aromatic N) is 2. The lowest BCUT2D eigenvalue weighted by Gasteiger charge is -2.26. The van der Waals surface area contributed by atoms with Gasteiger partial charge in [-0.1, -0.05) is 121 Å². The Balaban J connectivity index is 1.05. The average molecular weight is 751 g/mol. The third-order valence-electron chi connectivity index (χ3n) is 11.0. The van der Waals surface area contributed by atoms with Crippen molar-refractivity contribution in [3.63, 3.8) is 0 Å². The molecule has 0 spiro atoms. The van der Waals surface area contributed by atoms with Gasteiger partial charge in [-0.05, 0) is 142 Å². The molecule has 0 radical (unpaired) electrons. The lowest BCUT2D eigenvalue weighted by molar-refractivity contribution is 0.627. The van der Waals surface area contributed by atoms with Crippen LogP contribution in [0.5, 0.6) is 0 Å². The summed E-state index contributed by atoms with van der Waals surface area (Å²) in [5.74, 6) is -0.509. The molecule has 2 nitrogen and oxygen atoms in total. The van der Waals surface area contributed by atoms with Crippen LogP contribution < -0.4 is 4.90 Å². The fraction of sp³-hybridized carbons (Fsp3) is 0. The summed E-state index contributed by atoms with van der Waals surface area (Å²) in [6.07, 6.45) is 0. The maximum atomic E-state index is 13.7. The molecule has 1 heterocycles. The van der Waals surface area contributed by atoms with Gasteiger partial charge in [-0.25, -0.2) is 8.78 Å². The molecule has 0 aliphatic rings. The SMILES string of the molecule is Fc1ccc(-c2ccc(N(c3ccc(-c4ccc(F)cc4)cc3)c3ccc(-c4ccc5c(c4)c4cc(-c6ccccc6)ccc4n5-c4ccccc4)cc3)cc2)cc1. The zero-order chi connectivity index (χ0) is 39.0. The van der Waals surface area contributed by atoms with E-state index in [0.29, 0.717) is 0 Å². The van der Waals surface area contributed by atoms with Gasteiger partial charge < -0.3 is 9.47 Å². The van der Waals surface area contributed by atoms with Crippen LogP contribution in [-0.4, -0.2) is 4.57 Å². The number of aromatic nitrogens is 1. The maximum absolute atomic E-state index is 13.7. The monoisotopic (exact) mass is 750 g/mol. The molecule has 0 N–H and O–H groups in total. The van der Waals surface area contributed by atoms with E-state index in [9.17, 15) is 8.78 Å². The third-order valence-corrected chi connectivity index (χ3v) is 11.0. The molecule has 0 unspecified atom stereocenters. The first-order valence-corrected chi connectivity index (χ1v) is 19.4. The van der Waals surface area contributed by atoms with Crippen molar-refractivity contribution < 1.29 is 8.78 Å². The Morgan fingerprint density at radius 2 is 0.603 bits per heavy atom. The number of para-hydroxylation sites is 1. The van der Waals surface area contributed by atoms with Crippen LogP contribution in [0.3, 0.4) is 0 Å². The first-order valence-electron chi connectivity index (χ1n) is 19.4. The molecule has 0 aliphatic heterocycles. The van der Waals surface area contributed by atoms with Crippen LogP contribution in [0.4, 0.5) is 25.8 Å². The van der Waals surface area contributed by atoms with Gasteiger partial charge in [0.15, 0.2) is 0 Å². The molecule has 0 saturated heterocycles. The van der Waals surface area contributed by atoms with E-state index in [4.69, 9.17) is 0 Å². The van der Waals surface area contributed by atoms with Gasteiger partial charge in [0.2, 0.25) is 0 Å². The normalized spacial score (nSPS) is 11.3. The minimum atomic E-state index is -0.255. The van der Waals surface area contributed by atoms with Crippen molar-refractivity contribution in [3.8, 4) is 50.2 Å². The molecular formula is C54H36F2N2. The lowest BCUT2D eigenvalue weighted by atomic mass is 10.00. The summed E-state index contributed by atoms with van der Waals surface area (Å²) >= 11 is 0. The Hall–Kier alpha value is -7.56. The van der Waals surface area contributed by atoms with Crippen molar-refractivity contribution in [2.24, 2.45) is 0 Å². The second kappa shape index (κ2) is 14.8. The van der Waals surface area contributed by atoms with Crippen LogP contribution in [0.25, 0.3) is 72.0 Å². The number of rotatable bonds is 8. The minimum absolute atomic E-state index is 0.255. The molecule has 4 heteroatoms. The maximum Gasteiger partial charge on any atom is 0.123 e. The Morgan fingerprint density at radius 1 is 0.293 bits per heavy atom. The topological polar surface area (TPSA) is 8.17 Å². The second-order valence-electron chi connectivity index (χ2n) is 14.5. The smallest absolute Gasteiger partial charge is 0.123 e. The van der Waals surface area contributed by atoms with Crippen LogP contribution in [0, 0.1) is 11.6 Å². The molecule has 10 aromatic rings. The largest absolute Gasteiger partial charge is 0.311 e. The first-order chi connectivity index (χ1) is 28.6. The molecule has 0 bridgehead atoms. The Morgan fingerprint density at radius 3 is 1.00 bits per heavy atom. The zero-order valence-electron chi connectivity index (χ0n) is 31.4. The van der Waals surface area contributed by atoms with Gasteiger partial charge >= 0.3 is 0 Å². The molecule has 10 rings (SSSR count). The summed E-state index contributed by atoms with van der Waals surface area (Å²) in [5, 5.41) is 2.40. The van der Waals surface area contributed by atoms with Gasteiger partial charge in [0.05, 0.1) is 11.0 Å². The summed E-state index contributed by atoms with van der Waals surface area (Å²) in [6.45, 7) is 0. The van der Waals surface area contributed by atoms with Crippen molar-refractivity contribution in [1.82, 2.24) is 4.57 Å². The van der Waals surface area contributed by atoms with Crippen molar-refractivity contribution in [2.75, 3.05) is 4.90 Å². The van der Waals surface area contributed by atoms with Crippen LogP contribution in [0.2, 0.25) is 0 Å². The van der Waals surface area contributed by atoms with Crippen molar-refractivity contribution in [3.05, 3.63) is 230 Å². The number of fused-ring (bicyclic) bond motifs is 3. The lowest BCUT2D eigenvalue weighted by Crippen LogP contribution is -2.09. The summed E-state index contributed by atoms with van der Waals surface area (Å²) in [4.78, 5) is 2.23. The van der Waals surface area contributed by atoms with Gasteiger partial charge in [0, 0.05) is 33.5 Å². The zero-order valence-corrected chi connectivity index (χ0v) is 31.4. The first kappa shape index (κ1) is 34.9. The molecule has 0 amide bonds. The second-order valence-corrected chi connectivity index (χ2v) is 14.5. The van der Waals surface area contributed by atoms with E-state index >= 15 is 0 Å². The van der Waals surface area contributed by atoms with Gasteiger partial charge in [0.1, 0.15) is 11.6 Å². The highest BCUT2D eigenvalue weighted by molar-refractivity contribution is 6.11. The molecular weight excluding hydrogens is 715 g/mol. The van der Waals surface area contributed by atoms with Crippen LogP contribution in [-0.2, 0) is 0 Å². The van der Waals surface area contributed by atoms with Gasteiger partial charge in [0.25, 0.3) is 0 Å².